The monoisotopic (exact) mass is 690 g/mol. The van der Waals surface area contributed by atoms with Gasteiger partial charge in [0.25, 0.3) is 5.56 Å². The first-order chi connectivity index (χ1) is 24.2. The number of esters is 2. The summed E-state index contributed by atoms with van der Waals surface area (Å²) in [6.45, 7) is 8.94. The molecule has 12 heteroatoms. The molecule has 1 aliphatic rings. The number of para-hydroxylation sites is 1. The van der Waals surface area contributed by atoms with Gasteiger partial charge in [-0.25, -0.2) is 14.5 Å². The molecule has 0 amide bonds. The zero-order valence-corrected chi connectivity index (χ0v) is 28.7. The Bertz CT molecular complexity index is 2300. The number of thiazole rings is 1. The van der Waals surface area contributed by atoms with Crippen molar-refractivity contribution >= 4 is 29.4 Å². The first-order valence-electron chi connectivity index (χ1n) is 15.8. The average Bonchev–Trinajstić information content (AvgIpc) is 3.67. The zero-order valence-electron chi connectivity index (χ0n) is 27.9. The smallest absolute Gasteiger partial charge is 0.338 e. The minimum absolute atomic E-state index is 0.136. The van der Waals surface area contributed by atoms with E-state index in [2.05, 4.69) is 6.58 Å². The van der Waals surface area contributed by atoms with E-state index < -0.39 is 18.0 Å². The van der Waals surface area contributed by atoms with Crippen molar-refractivity contribution in [1.82, 2.24) is 14.3 Å². The molecule has 0 saturated carbocycles. The van der Waals surface area contributed by atoms with Crippen LogP contribution < -0.4 is 29.1 Å². The van der Waals surface area contributed by atoms with Crippen molar-refractivity contribution in [1.29, 1.82) is 0 Å². The molecule has 1 aliphatic heterocycles. The highest BCUT2D eigenvalue weighted by Crippen LogP contribution is 2.36. The van der Waals surface area contributed by atoms with Crippen LogP contribution in [-0.2, 0) is 14.3 Å². The van der Waals surface area contributed by atoms with E-state index in [4.69, 9.17) is 29.0 Å². The normalized spacial score (nSPS) is 14.1. The van der Waals surface area contributed by atoms with Crippen molar-refractivity contribution in [2.75, 3.05) is 20.3 Å². The van der Waals surface area contributed by atoms with Gasteiger partial charge >= 0.3 is 11.9 Å². The highest BCUT2D eigenvalue weighted by Gasteiger charge is 2.34. The third-order valence-corrected chi connectivity index (χ3v) is 8.80. The largest absolute Gasteiger partial charge is 0.493 e. The molecule has 0 N–H and O–H groups in total. The molecule has 254 valence electrons. The Balaban J connectivity index is 1.53. The number of nitrogens with zero attached hydrogens (tertiary/aromatic N) is 4. The van der Waals surface area contributed by atoms with E-state index >= 15 is 0 Å². The summed E-state index contributed by atoms with van der Waals surface area (Å²) in [4.78, 5) is 44.7. The lowest BCUT2D eigenvalue weighted by molar-refractivity contribution is -0.139. The van der Waals surface area contributed by atoms with Gasteiger partial charge in [-0.2, -0.15) is 5.10 Å². The van der Waals surface area contributed by atoms with Gasteiger partial charge in [0.1, 0.15) is 18.1 Å². The number of carbonyl (C=O) groups is 2. The second-order valence-corrected chi connectivity index (χ2v) is 12.2. The second-order valence-electron chi connectivity index (χ2n) is 11.1. The lowest BCUT2D eigenvalue weighted by Crippen LogP contribution is -2.40. The van der Waals surface area contributed by atoms with Gasteiger partial charge in [-0.3, -0.25) is 14.2 Å². The zero-order chi connectivity index (χ0) is 35.4. The number of allylic oxidation sites excluding steroid dienone is 1. The maximum atomic E-state index is 14.4. The van der Waals surface area contributed by atoms with Crippen LogP contribution in [-0.4, -0.2) is 46.6 Å². The molecule has 3 aromatic carbocycles. The van der Waals surface area contributed by atoms with Crippen LogP contribution in [0.15, 0.2) is 113 Å². The summed E-state index contributed by atoms with van der Waals surface area (Å²) in [6.07, 6.45) is 5.34. The second kappa shape index (κ2) is 14.6. The summed E-state index contributed by atoms with van der Waals surface area (Å²) in [5.74, 6) is 0.0487. The Morgan fingerprint density at radius 1 is 1.04 bits per heavy atom. The highest BCUT2D eigenvalue weighted by atomic mass is 32.1. The van der Waals surface area contributed by atoms with Gasteiger partial charge in [-0.1, -0.05) is 48.3 Å². The van der Waals surface area contributed by atoms with E-state index in [0.29, 0.717) is 44.2 Å². The molecule has 6 rings (SSSR count). The van der Waals surface area contributed by atoms with Crippen LogP contribution in [0.4, 0.5) is 0 Å². The van der Waals surface area contributed by atoms with Crippen LogP contribution in [0, 0.1) is 0 Å². The van der Waals surface area contributed by atoms with Crippen molar-refractivity contribution in [3.05, 3.63) is 134 Å². The van der Waals surface area contributed by atoms with Crippen LogP contribution in [0.25, 0.3) is 23.0 Å². The Morgan fingerprint density at radius 2 is 1.80 bits per heavy atom. The maximum absolute atomic E-state index is 14.4. The first kappa shape index (κ1) is 33.9. The topological polar surface area (TPSA) is 123 Å². The molecule has 50 heavy (non-hydrogen) atoms. The summed E-state index contributed by atoms with van der Waals surface area (Å²) in [7, 11) is 1.44. The fourth-order valence-electron chi connectivity index (χ4n) is 5.64. The molecule has 0 bridgehead atoms. The molecular weight excluding hydrogens is 657 g/mol. The number of hydrogen-bond acceptors (Lipinski definition) is 10. The van der Waals surface area contributed by atoms with Crippen LogP contribution in [0.5, 0.6) is 17.2 Å². The van der Waals surface area contributed by atoms with Crippen LogP contribution in [0.3, 0.4) is 0 Å². The average molecular weight is 691 g/mol. The molecule has 1 atom stereocenters. The third kappa shape index (κ3) is 6.78. The number of carbonyl (C=O) groups excluding carboxylic acids is 2. The van der Waals surface area contributed by atoms with Crippen LogP contribution in [0.2, 0.25) is 0 Å². The number of ether oxygens (including phenoxy) is 4. The van der Waals surface area contributed by atoms with E-state index in [-0.39, 0.29) is 29.2 Å². The van der Waals surface area contributed by atoms with Crippen molar-refractivity contribution in [2.24, 2.45) is 4.99 Å². The molecular formula is C38H34N4O7S. The van der Waals surface area contributed by atoms with Crippen molar-refractivity contribution in [2.45, 2.75) is 26.8 Å². The van der Waals surface area contributed by atoms with Crippen molar-refractivity contribution < 1.29 is 28.5 Å². The fourth-order valence-corrected chi connectivity index (χ4v) is 6.67. The lowest BCUT2D eigenvalue weighted by atomic mass is 9.95. The van der Waals surface area contributed by atoms with Gasteiger partial charge < -0.3 is 18.9 Å². The Morgan fingerprint density at radius 3 is 2.48 bits per heavy atom. The van der Waals surface area contributed by atoms with Crippen LogP contribution in [0.1, 0.15) is 37.9 Å². The first-order valence-corrected chi connectivity index (χ1v) is 16.6. The number of rotatable bonds is 11. The Kier molecular flexibility index (Phi) is 9.91. The van der Waals surface area contributed by atoms with Gasteiger partial charge in [0, 0.05) is 24.2 Å². The summed E-state index contributed by atoms with van der Waals surface area (Å²) in [6, 6.07) is 21.2. The maximum Gasteiger partial charge on any atom is 0.338 e. The van der Waals surface area contributed by atoms with Gasteiger partial charge in [0.15, 0.2) is 16.3 Å². The number of hydrogen-bond donors (Lipinski definition) is 0. The summed E-state index contributed by atoms with van der Waals surface area (Å²) >= 11 is 1.20. The van der Waals surface area contributed by atoms with Gasteiger partial charge in [0.2, 0.25) is 0 Å². The number of benzene rings is 3. The molecule has 0 saturated heterocycles. The molecule has 2 aromatic heterocycles. The van der Waals surface area contributed by atoms with Gasteiger partial charge in [-0.05, 0) is 74.0 Å². The number of aromatic nitrogens is 3. The molecule has 0 aliphatic carbocycles. The number of methoxy groups -OCH3 is 1. The Hall–Kier alpha value is -6.01. The molecule has 0 radical (unpaired) electrons. The van der Waals surface area contributed by atoms with Crippen molar-refractivity contribution in [3.8, 4) is 34.2 Å². The predicted octanol–water partition coefficient (Wildman–Crippen LogP) is 5.15. The molecule has 3 heterocycles. The summed E-state index contributed by atoms with van der Waals surface area (Å²) in [5.41, 5.74) is 3.83. The van der Waals surface area contributed by atoms with Crippen LogP contribution >= 0.6 is 11.3 Å². The molecule has 0 fully saturated rings. The quantitative estimate of drug-likeness (QED) is 0.106. The number of fused-ring (bicyclic) bond motifs is 1. The third-order valence-electron chi connectivity index (χ3n) is 7.82. The SMILES string of the molecule is C=CCOc1ccc(-c2nn(-c3ccccc3)cc2/C=c2\sc3n(c2=O)[C@H](c2ccc(OC(C)=O)c(OC)c2)C(C(=O)OCC)=C(C)N=3)cc1. The minimum atomic E-state index is -0.901. The summed E-state index contributed by atoms with van der Waals surface area (Å²) < 4.78 is 25.6. The minimum Gasteiger partial charge on any atom is -0.493 e. The van der Waals surface area contributed by atoms with Gasteiger partial charge in [-0.15, -0.1) is 0 Å². The van der Waals surface area contributed by atoms with E-state index in [0.717, 1.165) is 11.3 Å². The predicted molar refractivity (Wildman–Crippen MR) is 189 cm³/mol. The summed E-state index contributed by atoms with van der Waals surface area (Å²) in [5, 5.41) is 4.91. The Labute approximate surface area is 291 Å². The highest BCUT2D eigenvalue weighted by molar-refractivity contribution is 7.07. The van der Waals surface area contributed by atoms with Crippen molar-refractivity contribution in [3.63, 3.8) is 0 Å². The molecule has 0 unspecified atom stereocenters. The van der Waals surface area contributed by atoms with Gasteiger partial charge in [0.05, 0.1) is 41.2 Å². The molecule has 11 nitrogen and oxygen atoms in total. The molecule has 5 aromatic rings. The fraction of sp³-hybridized carbons (Fsp3) is 0.184. The standard InChI is InChI=1S/C38H34N4O7S/c1-6-19-48-29-16-13-25(14-17-29)34-27(22-41(40-34)28-11-9-8-10-12-28)21-32-36(44)42-35(26-15-18-30(49-24(4)43)31(20-26)46-5)33(37(45)47-7-2)23(3)39-38(42)50-32/h6,8-18,20-22,35H,1,7,19H2,2-5H3/b32-21-/t35-/m1/s1. The van der Waals surface area contributed by atoms with E-state index in [1.54, 1.807) is 48.9 Å². The molecule has 0 spiro atoms. The van der Waals surface area contributed by atoms with E-state index in [1.165, 1.54) is 29.9 Å². The van der Waals surface area contributed by atoms with E-state index in [1.807, 2.05) is 60.8 Å². The van der Waals surface area contributed by atoms with E-state index in [9.17, 15) is 14.4 Å². The lowest BCUT2D eigenvalue weighted by Gasteiger charge is -2.25.